The lowest BCUT2D eigenvalue weighted by Gasteiger charge is -2.12. The molecule has 7 nitrogen and oxygen atoms in total. The van der Waals surface area contributed by atoms with Crippen molar-refractivity contribution in [1.29, 1.82) is 0 Å². The van der Waals surface area contributed by atoms with Crippen LogP contribution in [0.2, 0.25) is 0 Å². The molecule has 3 aromatic carbocycles. The Morgan fingerprint density at radius 1 is 1.06 bits per heavy atom. The largest absolute Gasteiger partial charge is 0.378 e. The highest BCUT2D eigenvalue weighted by atomic mass is 16.5. The molecule has 0 aliphatic carbocycles. The average Bonchev–Trinajstić information content (AvgIpc) is 3.29. The van der Waals surface area contributed by atoms with Crippen molar-refractivity contribution < 1.29 is 14.3 Å². The molecule has 0 fully saturated rings. The lowest BCUT2D eigenvalue weighted by molar-refractivity contribution is -0.123. The number of carbonyl (C=O) groups excluding carboxylic acids is 2. The first kappa shape index (κ1) is 20.0. The zero-order valence-corrected chi connectivity index (χ0v) is 17.5. The fraction of sp³-hybridized carbons (Fsp3) is 0.160. The van der Waals surface area contributed by atoms with Crippen molar-refractivity contribution >= 4 is 34.1 Å². The number of benzene rings is 3. The van der Waals surface area contributed by atoms with E-state index in [1.165, 1.54) is 0 Å². The lowest BCUT2D eigenvalue weighted by Crippen LogP contribution is -2.24. The summed E-state index contributed by atoms with van der Waals surface area (Å²) in [5, 5.41) is 12.5. The summed E-state index contributed by atoms with van der Waals surface area (Å²) in [6.45, 7) is 0.301. The second-order valence-electron chi connectivity index (χ2n) is 7.70. The van der Waals surface area contributed by atoms with Crippen molar-refractivity contribution in [3.8, 4) is 11.1 Å². The maximum Gasteiger partial charge on any atom is 0.251 e. The molecule has 0 saturated carbocycles. The molecule has 1 aliphatic rings. The topological polar surface area (TPSA) is 85.2 Å². The van der Waals surface area contributed by atoms with Gasteiger partial charge in [-0.2, -0.15) is 5.10 Å². The molecule has 1 aliphatic heterocycles. The number of rotatable bonds is 6. The molecule has 5 rings (SSSR count). The smallest absolute Gasteiger partial charge is 0.251 e. The fourth-order valence-electron chi connectivity index (χ4n) is 4.17. The van der Waals surface area contributed by atoms with Gasteiger partial charge in [0.05, 0.1) is 18.7 Å². The highest BCUT2D eigenvalue weighted by Gasteiger charge is 2.37. The Bertz CT molecular complexity index is 1310. The summed E-state index contributed by atoms with van der Waals surface area (Å²) in [6, 6.07) is 22.6. The molecule has 32 heavy (non-hydrogen) atoms. The molecule has 0 bridgehead atoms. The molecule has 7 heteroatoms. The van der Waals surface area contributed by atoms with Gasteiger partial charge in [0.2, 0.25) is 5.91 Å². The number of fused-ring (bicyclic) bond motifs is 2. The van der Waals surface area contributed by atoms with Crippen LogP contribution in [0, 0.1) is 0 Å². The van der Waals surface area contributed by atoms with Crippen LogP contribution in [0.15, 0.2) is 72.8 Å². The van der Waals surface area contributed by atoms with E-state index in [1.807, 2.05) is 72.8 Å². The van der Waals surface area contributed by atoms with Gasteiger partial charge in [0, 0.05) is 23.7 Å². The summed E-state index contributed by atoms with van der Waals surface area (Å²) < 4.78 is 6.94. The van der Waals surface area contributed by atoms with Crippen molar-refractivity contribution in [2.45, 2.75) is 19.1 Å². The monoisotopic (exact) mass is 426 g/mol. The molecule has 0 radical (unpaired) electrons. The molecule has 2 heterocycles. The van der Waals surface area contributed by atoms with Crippen LogP contribution in [0.3, 0.4) is 0 Å². The number of aromatic nitrogens is 2. The Morgan fingerprint density at radius 3 is 2.62 bits per heavy atom. The number of anilines is 2. The van der Waals surface area contributed by atoms with E-state index in [0.717, 1.165) is 27.6 Å². The van der Waals surface area contributed by atoms with E-state index in [4.69, 9.17) is 4.74 Å². The minimum Gasteiger partial charge on any atom is -0.378 e. The molecule has 4 aromatic rings. The number of nitrogens with zero attached hydrogens (tertiary/aromatic N) is 2. The van der Waals surface area contributed by atoms with E-state index < -0.39 is 6.04 Å². The average molecular weight is 426 g/mol. The quantitative estimate of drug-likeness (QED) is 0.479. The van der Waals surface area contributed by atoms with Gasteiger partial charge in [-0.1, -0.05) is 66.7 Å². The van der Waals surface area contributed by atoms with Crippen LogP contribution in [0.1, 0.15) is 18.2 Å². The van der Waals surface area contributed by atoms with Crippen molar-refractivity contribution in [1.82, 2.24) is 9.78 Å². The molecular weight excluding hydrogens is 404 g/mol. The lowest BCUT2D eigenvalue weighted by atomic mass is 10.1. The highest BCUT2D eigenvalue weighted by molar-refractivity contribution is 6.06. The van der Waals surface area contributed by atoms with E-state index in [0.29, 0.717) is 18.1 Å². The zero-order chi connectivity index (χ0) is 22.1. The van der Waals surface area contributed by atoms with E-state index in [9.17, 15) is 9.59 Å². The van der Waals surface area contributed by atoms with Crippen molar-refractivity contribution in [2.75, 3.05) is 17.7 Å². The number of carbonyl (C=O) groups is 2. The molecule has 160 valence electrons. The fourth-order valence-corrected chi connectivity index (χ4v) is 4.17. The summed E-state index contributed by atoms with van der Waals surface area (Å²) in [5.41, 5.74) is 3.19. The predicted molar refractivity (Wildman–Crippen MR) is 123 cm³/mol. The molecule has 0 spiro atoms. The van der Waals surface area contributed by atoms with Gasteiger partial charge in [-0.25, -0.2) is 4.68 Å². The third-order valence-corrected chi connectivity index (χ3v) is 5.61. The third-order valence-electron chi connectivity index (χ3n) is 5.61. The second-order valence-corrected chi connectivity index (χ2v) is 7.70. The number of nitrogens with one attached hydrogen (secondary N) is 2. The predicted octanol–water partition coefficient (Wildman–Crippen LogP) is 4.37. The van der Waals surface area contributed by atoms with Gasteiger partial charge in [-0.05, 0) is 17.0 Å². The van der Waals surface area contributed by atoms with E-state index >= 15 is 0 Å². The minimum absolute atomic E-state index is 0.0234. The Morgan fingerprint density at radius 2 is 1.81 bits per heavy atom. The number of methoxy groups -OCH3 is 1. The van der Waals surface area contributed by atoms with Crippen molar-refractivity contribution in [3.05, 3.63) is 78.5 Å². The Labute approximate surface area is 185 Å². The summed E-state index contributed by atoms with van der Waals surface area (Å²) in [7, 11) is 1.60. The normalized spacial score (nSPS) is 14.9. The van der Waals surface area contributed by atoms with Gasteiger partial charge >= 0.3 is 0 Å². The van der Waals surface area contributed by atoms with Crippen LogP contribution >= 0.6 is 0 Å². The van der Waals surface area contributed by atoms with Gasteiger partial charge in [-0.3, -0.25) is 9.59 Å². The Hall–Kier alpha value is -3.97. The van der Waals surface area contributed by atoms with E-state index in [1.54, 1.807) is 11.8 Å². The summed E-state index contributed by atoms with van der Waals surface area (Å²) in [5.74, 6) is 0.0948. The number of hydrogen-bond acceptors (Lipinski definition) is 4. The maximum absolute atomic E-state index is 12.9. The van der Waals surface area contributed by atoms with Crippen LogP contribution in [0.25, 0.3) is 21.9 Å². The minimum atomic E-state index is -0.729. The first-order valence-corrected chi connectivity index (χ1v) is 10.4. The number of ether oxygens (including phenoxy) is 1. The van der Waals surface area contributed by atoms with Gasteiger partial charge in [0.1, 0.15) is 11.9 Å². The zero-order valence-electron chi connectivity index (χ0n) is 17.5. The molecule has 1 aromatic heterocycles. The Kier molecular flexibility index (Phi) is 5.17. The molecule has 0 saturated heterocycles. The van der Waals surface area contributed by atoms with Crippen LogP contribution in [0.5, 0.6) is 0 Å². The van der Waals surface area contributed by atoms with Gasteiger partial charge in [0.25, 0.3) is 5.91 Å². The first-order chi connectivity index (χ1) is 15.7. The van der Waals surface area contributed by atoms with E-state index in [2.05, 4.69) is 15.7 Å². The van der Waals surface area contributed by atoms with Crippen LogP contribution in [-0.2, 0) is 20.9 Å². The van der Waals surface area contributed by atoms with Crippen LogP contribution in [-0.4, -0.2) is 28.7 Å². The van der Waals surface area contributed by atoms with Crippen LogP contribution in [0.4, 0.5) is 11.5 Å². The molecule has 2 N–H and O–H groups in total. The third kappa shape index (κ3) is 3.52. The van der Waals surface area contributed by atoms with Gasteiger partial charge in [0.15, 0.2) is 0 Å². The van der Waals surface area contributed by atoms with Crippen LogP contribution < -0.4 is 10.6 Å². The number of hydrogen-bond donors (Lipinski definition) is 2. The van der Waals surface area contributed by atoms with Gasteiger partial charge < -0.3 is 15.4 Å². The molecule has 2 amide bonds. The summed E-state index contributed by atoms with van der Waals surface area (Å²) >= 11 is 0. The standard InChI is InChI=1S/C25H22N4O3/c1-32-15-20-23(17-9-3-2-4-10-17)24-27-25(31)21(29(24)28-20)14-22(30)26-19-13-7-11-16-8-5-6-12-18(16)19/h2-13,21H,14-15H2,1H3,(H,26,30)(H,27,31). The molecular formula is C25H22N4O3. The molecule has 1 atom stereocenters. The maximum atomic E-state index is 12.9. The summed E-state index contributed by atoms with van der Waals surface area (Å²) in [4.78, 5) is 25.7. The summed E-state index contributed by atoms with van der Waals surface area (Å²) in [6.07, 6.45) is -0.0234. The van der Waals surface area contributed by atoms with E-state index in [-0.39, 0.29) is 18.2 Å². The van der Waals surface area contributed by atoms with Crippen molar-refractivity contribution in [2.24, 2.45) is 0 Å². The van der Waals surface area contributed by atoms with Crippen molar-refractivity contribution in [3.63, 3.8) is 0 Å². The van der Waals surface area contributed by atoms with Gasteiger partial charge in [-0.15, -0.1) is 0 Å². The number of amides is 2. The first-order valence-electron chi connectivity index (χ1n) is 10.4. The highest BCUT2D eigenvalue weighted by Crippen LogP contribution is 2.39. The Balaban J connectivity index is 1.44. The molecule has 1 unspecified atom stereocenters. The SMILES string of the molecule is COCc1nn2c(c1-c1ccccc1)NC(=O)C2CC(=O)Nc1cccc2ccccc12. The second kappa shape index (κ2) is 8.28.